The molecule has 0 N–H and O–H groups in total. The summed E-state index contributed by atoms with van der Waals surface area (Å²) in [7, 11) is 0. The van der Waals surface area contributed by atoms with E-state index in [-0.39, 0.29) is 11.3 Å². The zero-order valence-corrected chi connectivity index (χ0v) is 12.7. The van der Waals surface area contributed by atoms with E-state index in [1.54, 1.807) is 24.3 Å². The molecular formula is C14H9Br2FO. The first kappa shape index (κ1) is 13.4. The van der Waals surface area contributed by atoms with Crippen molar-refractivity contribution in [3.63, 3.8) is 0 Å². The number of carbonyl (C=O) groups is 1. The third-order valence-electron chi connectivity index (χ3n) is 2.63. The van der Waals surface area contributed by atoms with E-state index in [1.807, 2.05) is 13.0 Å². The maximum absolute atomic E-state index is 13.9. The van der Waals surface area contributed by atoms with E-state index in [0.29, 0.717) is 10.0 Å². The Kier molecular flexibility index (Phi) is 3.97. The van der Waals surface area contributed by atoms with Crippen LogP contribution in [0.25, 0.3) is 0 Å². The standard InChI is InChI=1S/C14H9Br2FO/c1-8-7-9(15)5-6-10(8)14(18)11-3-2-4-12(16)13(11)17/h2-7H,1H3. The molecule has 0 radical (unpaired) electrons. The van der Waals surface area contributed by atoms with Gasteiger partial charge in [0.25, 0.3) is 0 Å². The lowest BCUT2D eigenvalue weighted by atomic mass is 9.99. The monoisotopic (exact) mass is 370 g/mol. The van der Waals surface area contributed by atoms with E-state index >= 15 is 0 Å². The molecule has 1 nitrogen and oxygen atoms in total. The SMILES string of the molecule is Cc1cc(Br)ccc1C(=O)c1cccc(Br)c1F. The van der Waals surface area contributed by atoms with Crippen LogP contribution in [0.1, 0.15) is 21.5 Å². The Bertz CT molecular complexity index is 623. The summed E-state index contributed by atoms with van der Waals surface area (Å²) in [5.74, 6) is -0.830. The van der Waals surface area contributed by atoms with Crippen molar-refractivity contribution in [1.29, 1.82) is 0 Å². The van der Waals surface area contributed by atoms with Crippen LogP contribution in [-0.2, 0) is 0 Å². The maximum atomic E-state index is 13.9. The van der Waals surface area contributed by atoms with Crippen LogP contribution in [0.2, 0.25) is 0 Å². The van der Waals surface area contributed by atoms with E-state index in [9.17, 15) is 9.18 Å². The number of hydrogen-bond acceptors (Lipinski definition) is 1. The van der Waals surface area contributed by atoms with Crippen molar-refractivity contribution < 1.29 is 9.18 Å². The van der Waals surface area contributed by atoms with Gasteiger partial charge >= 0.3 is 0 Å². The summed E-state index contributed by atoms with van der Waals surface area (Å²) in [6.07, 6.45) is 0. The number of aryl methyl sites for hydroxylation is 1. The molecule has 0 heterocycles. The summed E-state index contributed by atoms with van der Waals surface area (Å²) >= 11 is 6.42. The lowest BCUT2D eigenvalue weighted by molar-refractivity contribution is 0.103. The summed E-state index contributed by atoms with van der Waals surface area (Å²) in [6.45, 7) is 1.83. The molecule has 0 bridgehead atoms. The van der Waals surface area contributed by atoms with Gasteiger partial charge in [-0.05, 0) is 58.7 Å². The van der Waals surface area contributed by atoms with Crippen molar-refractivity contribution in [2.24, 2.45) is 0 Å². The molecule has 18 heavy (non-hydrogen) atoms. The quantitative estimate of drug-likeness (QED) is 0.687. The van der Waals surface area contributed by atoms with Crippen LogP contribution in [-0.4, -0.2) is 5.78 Å². The Morgan fingerprint density at radius 3 is 2.50 bits per heavy atom. The minimum absolute atomic E-state index is 0.0785. The molecule has 0 saturated heterocycles. The molecule has 2 rings (SSSR count). The number of carbonyl (C=O) groups excluding carboxylic acids is 1. The molecule has 2 aromatic rings. The number of rotatable bonds is 2. The summed E-state index contributed by atoms with van der Waals surface area (Å²) in [5, 5.41) is 0. The van der Waals surface area contributed by atoms with Gasteiger partial charge in [-0.25, -0.2) is 4.39 Å². The second-order valence-corrected chi connectivity index (χ2v) is 5.66. The smallest absolute Gasteiger partial charge is 0.196 e. The van der Waals surface area contributed by atoms with E-state index in [4.69, 9.17) is 0 Å². The van der Waals surface area contributed by atoms with Crippen molar-refractivity contribution in [1.82, 2.24) is 0 Å². The van der Waals surface area contributed by atoms with Gasteiger partial charge in [0.1, 0.15) is 5.82 Å². The van der Waals surface area contributed by atoms with Crippen molar-refractivity contribution in [2.45, 2.75) is 6.92 Å². The van der Waals surface area contributed by atoms with Crippen molar-refractivity contribution in [3.05, 3.63) is 67.9 Å². The molecule has 0 unspecified atom stereocenters. The Hall–Kier alpha value is -1.000. The van der Waals surface area contributed by atoms with Crippen LogP contribution in [0.15, 0.2) is 45.3 Å². The van der Waals surface area contributed by atoms with Crippen LogP contribution in [0.5, 0.6) is 0 Å². The summed E-state index contributed by atoms with van der Waals surface area (Å²) < 4.78 is 15.1. The zero-order valence-electron chi connectivity index (χ0n) is 9.51. The van der Waals surface area contributed by atoms with Crippen molar-refractivity contribution in [3.8, 4) is 0 Å². The van der Waals surface area contributed by atoms with Crippen molar-refractivity contribution in [2.75, 3.05) is 0 Å². The first-order valence-corrected chi connectivity index (χ1v) is 6.84. The normalized spacial score (nSPS) is 10.4. The van der Waals surface area contributed by atoms with Crippen LogP contribution < -0.4 is 0 Å². The molecule has 0 aliphatic heterocycles. The highest BCUT2D eigenvalue weighted by Crippen LogP contribution is 2.23. The topological polar surface area (TPSA) is 17.1 Å². The Morgan fingerprint density at radius 1 is 1.11 bits per heavy atom. The molecule has 0 spiro atoms. The second-order valence-electron chi connectivity index (χ2n) is 3.89. The van der Waals surface area contributed by atoms with Gasteiger partial charge in [-0.1, -0.05) is 22.0 Å². The van der Waals surface area contributed by atoms with Gasteiger partial charge in [0.15, 0.2) is 5.78 Å². The molecule has 92 valence electrons. The molecule has 0 aliphatic carbocycles. The lowest BCUT2D eigenvalue weighted by Crippen LogP contribution is -2.06. The zero-order chi connectivity index (χ0) is 13.3. The number of ketones is 1. The van der Waals surface area contributed by atoms with E-state index < -0.39 is 5.82 Å². The number of halogens is 3. The highest BCUT2D eigenvalue weighted by Gasteiger charge is 2.17. The maximum Gasteiger partial charge on any atom is 0.196 e. The summed E-state index contributed by atoms with van der Waals surface area (Å²) in [4.78, 5) is 12.3. The molecule has 0 fully saturated rings. The number of benzene rings is 2. The average molecular weight is 372 g/mol. The minimum Gasteiger partial charge on any atom is -0.288 e. The van der Waals surface area contributed by atoms with E-state index in [0.717, 1.165) is 10.0 Å². The van der Waals surface area contributed by atoms with Crippen molar-refractivity contribution >= 4 is 37.6 Å². The van der Waals surface area contributed by atoms with Gasteiger partial charge in [0.05, 0.1) is 10.0 Å². The highest BCUT2D eigenvalue weighted by molar-refractivity contribution is 9.10. The van der Waals surface area contributed by atoms with Crippen LogP contribution in [0.4, 0.5) is 4.39 Å². The fourth-order valence-electron chi connectivity index (χ4n) is 1.71. The highest BCUT2D eigenvalue weighted by atomic mass is 79.9. The summed E-state index contributed by atoms with van der Waals surface area (Å²) in [6, 6.07) is 10.0. The third-order valence-corrected chi connectivity index (χ3v) is 3.73. The molecule has 0 amide bonds. The molecule has 0 atom stereocenters. The Balaban J connectivity index is 2.51. The second kappa shape index (κ2) is 5.33. The Morgan fingerprint density at radius 2 is 1.83 bits per heavy atom. The van der Waals surface area contributed by atoms with Gasteiger partial charge in [-0.3, -0.25) is 4.79 Å². The fraction of sp³-hybridized carbons (Fsp3) is 0.0714. The van der Waals surface area contributed by atoms with Gasteiger partial charge in [0.2, 0.25) is 0 Å². The predicted molar refractivity (Wildman–Crippen MR) is 76.4 cm³/mol. The third kappa shape index (κ3) is 2.54. The first-order chi connectivity index (χ1) is 8.50. The van der Waals surface area contributed by atoms with Gasteiger partial charge < -0.3 is 0 Å². The van der Waals surface area contributed by atoms with Gasteiger partial charge in [-0.2, -0.15) is 0 Å². The number of hydrogen-bond donors (Lipinski definition) is 0. The first-order valence-electron chi connectivity index (χ1n) is 5.25. The molecule has 4 heteroatoms. The fourth-order valence-corrected chi connectivity index (χ4v) is 2.55. The van der Waals surface area contributed by atoms with E-state index in [2.05, 4.69) is 31.9 Å². The molecular weight excluding hydrogens is 363 g/mol. The molecule has 0 aromatic heterocycles. The van der Waals surface area contributed by atoms with Gasteiger partial charge in [-0.15, -0.1) is 0 Å². The lowest BCUT2D eigenvalue weighted by Gasteiger charge is -2.07. The molecule has 0 aliphatic rings. The van der Waals surface area contributed by atoms with E-state index in [1.165, 1.54) is 6.07 Å². The van der Waals surface area contributed by atoms with Crippen LogP contribution >= 0.6 is 31.9 Å². The van der Waals surface area contributed by atoms with Crippen LogP contribution in [0.3, 0.4) is 0 Å². The van der Waals surface area contributed by atoms with Crippen LogP contribution in [0, 0.1) is 12.7 Å². The summed E-state index contributed by atoms with van der Waals surface area (Å²) in [5.41, 5.74) is 1.40. The minimum atomic E-state index is -0.523. The molecule has 0 saturated carbocycles. The largest absolute Gasteiger partial charge is 0.288 e. The molecule has 2 aromatic carbocycles. The predicted octanol–water partition coefficient (Wildman–Crippen LogP) is 4.89. The Labute approximate surface area is 121 Å². The van der Waals surface area contributed by atoms with Gasteiger partial charge in [0, 0.05) is 10.0 Å². The average Bonchev–Trinajstić information content (AvgIpc) is 2.32.